The van der Waals surface area contributed by atoms with Crippen molar-refractivity contribution < 1.29 is 4.74 Å². The summed E-state index contributed by atoms with van der Waals surface area (Å²) in [6.45, 7) is 2.06. The van der Waals surface area contributed by atoms with Gasteiger partial charge in [0.1, 0.15) is 11.7 Å². The fraction of sp³-hybridized carbons (Fsp3) is 0.250. The van der Waals surface area contributed by atoms with E-state index in [1.807, 2.05) is 18.2 Å². The average molecular weight is 267 g/mol. The lowest BCUT2D eigenvalue weighted by molar-refractivity contribution is 0.410. The fourth-order valence-corrected chi connectivity index (χ4v) is 2.15. The normalized spacial score (nSPS) is 11.7. The van der Waals surface area contributed by atoms with Gasteiger partial charge in [-0.15, -0.1) is 0 Å². The predicted molar refractivity (Wildman–Crippen MR) is 78.5 cm³/mol. The molecule has 20 heavy (non-hydrogen) atoms. The molecule has 0 saturated carbocycles. The lowest BCUT2D eigenvalue weighted by atomic mass is 9.94. The zero-order chi connectivity index (χ0) is 14.5. The minimum Gasteiger partial charge on any atom is -0.496 e. The van der Waals surface area contributed by atoms with Gasteiger partial charge in [0.15, 0.2) is 0 Å². The van der Waals surface area contributed by atoms with E-state index in [-0.39, 0.29) is 0 Å². The van der Waals surface area contributed by atoms with E-state index in [1.165, 1.54) is 0 Å². The zero-order valence-corrected chi connectivity index (χ0v) is 11.6. The van der Waals surface area contributed by atoms with E-state index >= 15 is 0 Å². The van der Waals surface area contributed by atoms with Crippen LogP contribution in [0.4, 0.5) is 5.69 Å². The van der Waals surface area contributed by atoms with Gasteiger partial charge in [-0.05, 0) is 35.7 Å². The number of nitrogen functional groups attached to an aromatic ring is 1. The summed E-state index contributed by atoms with van der Waals surface area (Å²) in [6.07, 6.45) is 2.42. The molecule has 1 aromatic carbocycles. The molecular formula is C16H17N3O. The number of aryl methyl sites for hydroxylation is 1. The van der Waals surface area contributed by atoms with Gasteiger partial charge in [0.05, 0.1) is 30.8 Å². The molecule has 0 aliphatic rings. The molecule has 0 aliphatic carbocycles. The summed E-state index contributed by atoms with van der Waals surface area (Å²) in [5.74, 6) is 0.449. The summed E-state index contributed by atoms with van der Waals surface area (Å²) in [5, 5.41) is 9.44. The van der Waals surface area contributed by atoms with Crippen LogP contribution in [-0.4, -0.2) is 12.1 Å². The first-order valence-corrected chi connectivity index (χ1v) is 6.47. The molecule has 2 rings (SSSR count). The Morgan fingerprint density at radius 1 is 1.35 bits per heavy atom. The lowest BCUT2D eigenvalue weighted by Crippen LogP contribution is -2.03. The van der Waals surface area contributed by atoms with E-state index in [2.05, 4.69) is 18.0 Å². The van der Waals surface area contributed by atoms with Crippen molar-refractivity contribution in [3.05, 3.63) is 53.3 Å². The van der Waals surface area contributed by atoms with Crippen LogP contribution >= 0.6 is 0 Å². The van der Waals surface area contributed by atoms with Gasteiger partial charge in [-0.25, -0.2) is 0 Å². The standard InChI is InChI=1S/C16H17N3O/c1-3-11-8-12(4-7-16(11)20-2)14(9-17)15-6-5-13(18)10-19-15/h4-8,10,14H,3,18H2,1-2H3. The van der Waals surface area contributed by atoms with E-state index in [0.29, 0.717) is 11.4 Å². The maximum atomic E-state index is 9.44. The van der Waals surface area contributed by atoms with Gasteiger partial charge >= 0.3 is 0 Å². The summed E-state index contributed by atoms with van der Waals surface area (Å²) in [4.78, 5) is 4.25. The number of nitrogens with two attached hydrogens (primary N) is 1. The first-order chi connectivity index (χ1) is 9.69. The summed E-state index contributed by atoms with van der Waals surface area (Å²) in [5.41, 5.74) is 8.93. The Morgan fingerprint density at radius 2 is 2.15 bits per heavy atom. The van der Waals surface area contributed by atoms with Gasteiger partial charge < -0.3 is 10.5 Å². The number of nitriles is 1. The average Bonchev–Trinajstić information content (AvgIpc) is 2.49. The highest BCUT2D eigenvalue weighted by Gasteiger charge is 2.16. The van der Waals surface area contributed by atoms with Gasteiger partial charge in [0, 0.05) is 0 Å². The molecule has 1 aromatic heterocycles. The summed E-state index contributed by atoms with van der Waals surface area (Å²) < 4.78 is 5.31. The second kappa shape index (κ2) is 6.07. The summed E-state index contributed by atoms with van der Waals surface area (Å²) in [6, 6.07) is 11.7. The third kappa shape index (κ3) is 2.72. The molecule has 0 radical (unpaired) electrons. The molecule has 1 atom stereocenters. The van der Waals surface area contributed by atoms with Gasteiger partial charge in [-0.1, -0.05) is 19.1 Å². The van der Waals surface area contributed by atoms with E-state index in [9.17, 15) is 5.26 Å². The Morgan fingerprint density at radius 3 is 2.70 bits per heavy atom. The van der Waals surface area contributed by atoms with Crippen molar-refractivity contribution in [3.8, 4) is 11.8 Å². The fourth-order valence-electron chi connectivity index (χ4n) is 2.15. The van der Waals surface area contributed by atoms with E-state index in [0.717, 1.165) is 23.3 Å². The van der Waals surface area contributed by atoms with Crippen LogP contribution in [0.2, 0.25) is 0 Å². The van der Waals surface area contributed by atoms with Crippen molar-refractivity contribution in [2.45, 2.75) is 19.3 Å². The Hall–Kier alpha value is -2.54. The van der Waals surface area contributed by atoms with Gasteiger partial charge in [-0.2, -0.15) is 5.26 Å². The molecule has 0 saturated heterocycles. The molecule has 0 amide bonds. The zero-order valence-electron chi connectivity index (χ0n) is 11.6. The number of anilines is 1. The van der Waals surface area contributed by atoms with Gasteiger partial charge in [-0.3, -0.25) is 4.98 Å². The molecule has 1 unspecified atom stereocenters. The van der Waals surface area contributed by atoms with Crippen LogP contribution in [0.25, 0.3) is 0 Å². The molecule has 0 fully saturated rings. The number of methoxy groups -OCH3 is 1. The first kappa shape index (κ1) is 13.9. The largest absolute Gasteiger partial charge is 0.496 e. The molecule has 2 aromatic rings. The number of benzene rings is 1. The van der Waals surface area contributed by atoms with Crippen molar-refractivity contribution in [2.75, 3.05) is 12.8 Å². The van der Waals surface area contributed by atoms with Crippen LogP contribution in [0.15, 0.2) is 36.5 Å². The van der Waals surface area contributed by atoms with E-state index < -0.39 is 5.92 Å². The molecule has 4 nitrogen and oxygen atoms in total. The van der Waals surface area contributed by atoms with E-state index in [1.54, 1.807) is 25.4 Å². The third-order valence-corrected chi connectivity index (χ3v) is 3.25. The van der Waals surface area contributed by atoms with Crippen molar-refractivity contribution in [3.63, 3.8) is 0 Å². The number of hydrogen-bond donors (Lipinski definition) is 1. The predicted octanol–water partition coefficient (Wildman–Crippen LogP) is 2.89. The summed E-state index contributed by atoms with van der Waals surface area (Å²) >= 11 is 0. The number of nitrogens with zero attached hydrogens (tertiary/aromatic N) is 2. The van der Waals surface area contributed by atoms with Crippen molar-refractivity contribution >= 4 is 5.69 Å². The molecule has 1 heterocycles. The highest BCUT2D eigenvalue weighted by molar-refractivity contribution is 5.44. The monoisotopic (exact) mass is 267 g/mol. The SMILES string of the molecule is CCc1cc(C(C#N)c2ccc(N)cn2)ccc1OC. The maximum Gasteiger partial charge on any atom is 0.122 e. The minimum atomic E-state index is -0.396. The molecule has 4 heteroatoms. The Kier molecular flexibility index (Phi) is 4.21. The second-order valence-electron chi connectivity index (χ2n) is 4.50. The van der Waals surface area contributed by atoms with Crippen LogP contribution < -0.4 is 10.5 Å². The van der Waals surface area contributed by atoms with Gasteiger partial charge in [0.2, 0.25) is 0 Å². The second-order valence-corrected chi connectivity index (χ2v) is 4.50. The number of ether oxygens (including phenoxy) is 1. The molecule has 0 spiro atoms. The highest BCUT2D eigenvalue weighted by Crippen LogP contribution is 2.28. The molecular weight excluding hydrogens is 250 g/mol. The van der Waals surface area contributed by atoms with E-state index in [4.69, 9.17) is 10.5 Å². The highest BCUT2D eigenvalue weighted by atomic mass is 16.5. The van der Waals surface area contributed by atoms with Crippen LogP contribution in [-0.2, 0) is 6.42 Å². The lowest BCUT2D eigenvalue weighted by Gasteiger charge is -2.13. The number of rotatable bonds is 4. The van der Waals surface area contributed by atoms with Crippen LogP contribution in [0.5, 0.6) is 5.75 Å². The van der Waals surface area contributed by atoms with Crippen LogP contribution in [0.3, 0.4) is 0 Å². The van der Waals surface area contributed by atoms with Crippen molar-refractivity contribution in [2.24, 2.45) is 0 Å². The molecule has 2 N–H and O–H groups in total. The molecule has 102 valence electrons. The van der Waals surface area contributed by atoms with Crippen LogP contribution in [0.1, 0.15) is 29.7 Å². The molecule has 0 bridgehead atoms. The summed E-state index contributed by atoms with van der Waals surface area (Å²) in [7, 11) is 1.65. The van der Waals surface area contributed by atoms with Crippen molar-refractivity contribution in [1.29, 1.82) is 5.26 Å². The number of pyridine rings is 1. The first-order valence-electron chi connectivity index (χ1n) is 6.47. The Bertz CT molecular complexity index is 629. The van der Waals surface area contributed by atoms with Crippen molar-refractivity contribution in [1.82, 2.24) is 4.98 Å². The quantitative estimate of drug-likeness (QED) is 0.924. The maximum absolute atomic E-state index is 9.44. The molecule has 0 aliphatic heterocycles. The van der Waals surface area contributed by atoms with Crippen LogP contribution in [0, 0.1) is 11.3 Å². The topological polar surface area (TPSA) is 71.9 Å². The Balaban J connectivity index is 2.42. The smallest absolute Gasteiger partial charge is 0.122 e. The number of aromatic nitrogens is 1. The van der Waals surface area contributed by atoms with Gasteiger partial charge in [0.25, 0.3) is 0 Å². The third-order valence-electron chi connectivity index (χ3n) is 3.25. The number of hydrogen-bond acceptors (Lipinski definition) is 4. The Labute approximate surface area is 118 Å². The minimum absolute atomic E-state index is 0.396.